The number of hydrogen-bond acceptors (Lipinski definition) is 3. The molecule has 1 aliphatic rings. The molecule has 0 spiro atoms. The number of urea groups is 1. The first kappa shape index (κ1) is 14.8. The van der Waals surface area contributed by atoms with Gasteiger partial charge in [0, 0.05) is 36.6 Å². The molecule has 5 heteroatoms. The van der Waals surface area contributed by atoms with Crippen LogP contribution in [0.2, 0.25) is 0 Å². The van der Waals surface area contributed by atoms with Crippen molar-refractivity contribution in [2.45, 2.75) is 33.3 Å². The lowest BCUT2D eigenvalue weighted by atomic mass is 9.93. The van der Waals surface area contributed by atoms with Crippen molar-refractivity contribution in [1.82, 2.24) is 10.3 Å². The fourth-order valence-corrected chi connectivity index (χ4v) is 2.63. The van der Waals surface area contributed by atoms with Gasteiger partial charge in [-0.25, -0.2) is 4.79 Å². The number of nitrogens with zero attached hydrogens (tertiary/aromatic N) is 1. The number of nitrogens with one attached hydrogen (secondary N) is 2. The summed E-state index contributed by atoms with van der Waals surface area (Å²) < 4.78 is 5.71. The van der Waals surface area contributed by atoms with Gasteiger partial charge >= 0.3 is 6.03 Å². The van der Waals surface area contributed by atoms with Gasteiger partial charge in [0.1, 0.15) is 0 Å². The number of amides is 2. The number of carbonyl (C=O) groups excluding carboxylic acids is 1. The largest absolute Gasteiger partial charge is 0.378 e. The van der Waals surface area contributed by atoms with E-state index in [0.29, 0.717) is 18.4 Å². The first-order valence-corrected chi connectivity index (χ1v) is 7.15. The normalized spacial score (nSPS) is 22.0. The molecule has 20 heavy (non-hydrogen) atoms. The Bertz CT molecular complexity index is 462. The molecule has 0 aliphatic carbocycles. The summed E-state index contributed by atoms with van der Waals surface area (Å²) >= 11 is 0. The maximum Gasteiger partial charge on any atom is 0.319 e. The van der Waals surface area contributed by atoms with Gasteiger partial charge in [0.05, 0.1) is 6.10 Å². The molecule has 1 aliphatic heterocycles. The third kappa shape index (κ3) is 3.93. The van der Waals surface area contributed by atoms with Crippen molar-refractivity contribution in [3.8, 4) is 0 Å². The maximum atomic E-state index is 11.9. The van der Waals surface area contributed by atoms with Crippen molar-refractivity contribution in [2.24, 2.45) is 11.8 Å². The second-order valence-electron chi connectivity index (χ2n) is 5.65. The molecule has 1 fully saturated rings. The number of pyridine rings is 1. The molecule has 1 saturated heterocycles. The Balaban J connectivity index is 1.80. The van der Waals surface area contributed by atoms with Crippen LogP contribution < -0.4 is 10.6 Å². The molecular formula is C15H23N3O2. The fraction of sp³-hybridized carbons (Fsp3) is 0.600. The Morgan fingerprint density at radius 1 is 1.55 bits per heavy atom. The van der Waals surface area contributed by atoms with Crippen molar-refractivity contribution in [1.29, 1.82) is 0 Å². The average molecular weight is 277 g/mol. The van der Waals surface area contributed by atoms with Crippen molar-refractivity contribution >= 4 is 11.7 Å². The Labute approximate surface area is 120 Å². The number of aryl methyl sites for hydroxylation is 1. The number of rotatable bonds is 4. The van der Waals surface area contributed by atoms with E-state index in [1.165, 1.54) is 0 Å². The van der Waals surface area contributed by atoms with E-state index < -0.39 is 0 Å². The predicted octanol–water partition coefficient (Wildman–Crippen LogP) is 2.57. The molecule has 0 radical (unpaired) electrons. The van der Waals surface area contributed by atoms with E-state index in [1.54, 1.807) is 12.3 Å². The fourth-order valence-electron chi connectivity index (χ4n) is 2.63. The van der Waals surface area contributed by atoms with E-state index in [2.05, 4.69) is 29.5 Å². The molecule has 0 saturated carbocycles. The number of aromatic nitrogens is 1. The zero-order valence-corrected chi connectivity index (χ0v) is 12.3. The standard InChI is InChI=1S/C15H23N3O2/c1-10(2)14-12(5-7-20-14)9-17-15(19)18-13-4-6-16-11(3)8-13/h4,6,8,10,12,14H,5,7,9H2,1-3H3,(H2,16,17,18,19)/t12-,14-/m1/s1. The van der Waals surface area contributed by atoms with Gasteiger partial charge in [-0.2, -0.15) is 0 Å². The van der Waals surface area contributed by atoms with Gasteiger partial charge in [-0.1, -0.05) is 13.8 Å². The summed E-state index contributed by atoms with van der Waals surface area (Å²) in [6, 6.07) is 3.45. The molecule has 5 nitrogen and oxygen atoms in total. The Hall–Kier alpha value is -1.62. The molecule has 2 heterocycles. The van der Waals surface area contributed by atoms with Crippen LogP contribution in [0.4, 0.5) is 10.5 Å². The van der Waals surface area contributed by atoms with E-state index in [0.717, 1.165) is 24.4 Å². The number of anilines is 1. The van der Waals surface area contributed by atoms with Crippen LogP contribution >= 0.6 is 0 Å². The van der Waals surface area contributed by atoms with Crippen LogP contribution in [0.25, 0.3) is 0 Å². The van der Waals surface area contributed by atoms with Crippen molar-refractivity contribution < 1.29 is 9.53 Å². The third-order valence-corrected chi connectivity index (χ3v) is 3.60. The molecule has 1 aromatic heterocycles. The summed E-state index contributed by atoms with van der Waals surface area (Å²) in [7, 11) is 0. The third-order valence-electron chi connectivity index (χ3n) is 3.60. The Morgan fingerprint density at radius 3 is 3.05 bits per heavy atom. The molecule has 0 bridgehead atoms. The molecular weight excluding hydrogens is 254 g/mol. The van der Waals surface area contributed by atoms with Gasteiger partial charge in [0.2, 0.25) is 0 Å². The van der Waals surface area contributed by atoms with E-state index >= 15 is 0 Å². The zero-order chi connectivity index (χ0) is 14.5. The van der Waals surface area contributed by atoms with Gasteiger partial charge in [-0.05, 0) is 31.4 Å². The minimum Gasteiger partial charge on any atom is -0.378 e. The minimum absolute atomic E-state index is 0.176. The van der Waals surface area contributed by atoms with Gasteiger partial charge < -0.3 is 15.4 Å². The molecule has 110 valence electrons. The summed E-state index contributed by atoms with van der Waals surface area (Å²) in [5.74, 6) is 0.884. The Morgan fingerprint density at radius 2 is 2.35 bits per heavy atom. The molecule has 2 amide bonds. The highest BCUT2D eigenvalue weighted by Gasteiger charge is 2.30. The first-order chi connectivity index (χ1) is 9.56. The van der Waals surface area contributed by atoms with Crippen LogP contribution in [0, 0.1) is 18.8 Å². The van der Waals surface area contributed by atoms with Gasteiger partial charge in [0.15, 0.2) is 0 Å². The number of ether oxygens (including phenoxy) is 1. The van der Waals surface area contributed by atoms with Crippen LogP contribution in [-0.2, 0) is 4.74 Å². The number of hydrogen-bond donors (Lipinski definition) is 2. The Kier molecular flexibility index (Phi) is 4.95. The van der Waals surface area contributed by atoms with Crippen molar-refractivity contribution in [3.63, 3.8) is 0 Å². The van der Waals surface area contributed by atoms with Gasteiger partial charge in [0.25, 0.3) is 0 Å². The second-order valence-corrected chi connectivity index (χ2v) is 5.65. The summed E-state index contributed by atoms with van der Waals surface area (Å²) in [6.45, 7) is 7.65. The monoisotopic (exact) mass is 277 g/mol. The second kappa shape index (κ2) is 6.70. The smallest absolute Gasteiger partial charge is 0.319 e. The lowest BCUT2D eigenvalue weighted by molar-refractivity contribution is 0.0546. The van der Waals surface area contributed by atoms with Gasteiger partial charge in [-0.15, -0.1) is 0 Å². The summed E-state index contributed by atoms with van der Waals surface area (Å²) in [6.07, 6.45) is 2.95. The van der Waals surface area contributed by atoms with Crippen LogP contribution in [0.15, 0.2) is 18.3 Å². The first-order valence-electron chi connectivity index (χ1n) is 7.15. The highest BCUT2D eigenvalue weighted by Crippen LogP contribution is 2.26. The van der Waals surface area contributed by atoms with Crippen LogP contribution in [0.1, 0.15) is 26.0 Å². The highest BCUT2D eigenvalue weighted by atomic mass is 16.5. The van der Waals surface area contributed by atoms with E-state index in [-0.39, 0.29) is 12.1 Å². The molecule has 0 aromatic carbocycles. The molecule has 1 aromatic rings. The highest BCUT2D eigenvalue weighted by molar-refractivity contribution is 5.89. The van der Waals surface area contributed by atoms with E-state index in [4.69, 9.17) is 4.74 Å². The minimum atomic E-state index is -0.176. The maximum absolute atomic E-state index is 11.9. The average Bonchev–Trinajstić information content (AvgIpc) is 2.85. The van der Waals surface area contributed by atoms with Crippen molar-refractivity contribution in [2.75, 3.05) is 18.5 Å². The van der Waals surface area contributed by atoms with Crippen LogP contribution in [0.3, 0.4) is 0 Å². The number of carbonyl (C=O) groups is 1. The molecule has 2 N–H and O–H groups in total. The van der Waals surface area contributed by atoms with Crippen LogP contribution in [-0.4, -0.2) is 30.3 Å². The van der Waals surface area contributed by atoms with Crippen molar-refractivity contribution in [3.05, 3.63) is 24.0 Å². The SMILES string of the molecule is Cc1cc(NC(=O)NC[C@H]2CCO[C@@H]2C(C)C)ccn1. The zero-order valence-electron chi connectivity index (χ0n) is 12.3. The lowest BCUT2D eigenvalue weighted by Gasteiger charge is -2.22. The summed E-state index contributed by atoms with van der Waals surface area (Å²) in [5, 5.41) is 5.75. The quantitative estimate of drug-likeness (QED) is 0.889. The molecule has 2 rings (SSSR count). The molecule has 0 unspecified atom stereocenters. The van der Waals surface area contributed by atoms with E-state index in [1.807, 2.05) is 13.0 Å². The van der Waals surface area contributed by atoms with Gasteiger partial charge in [-0.3, -0.25) is 4.98 Å². The van der Waals surface area contributed by atoms with E-state index in [9.17, 15) is 4.79 Å². The summed E-state index contributed by atoms with van der Waals surface area (Å²) in [4.78, 5) is 16.0. The predicted molar refractivity (Wildman–Crippen MR) is 78.7 cm³/mol. The summed E-state index contributed by atoms with van der Waals surface area (Å²) in [5.41, 5.74) is 1.64. The molecule has 2 atom stereocenters. The topological polar surface area (TPSA) is 63.2 Å². The lowest BCUT2D eigenvalue weighted by Crippen LogP contribution is -2.37. The van der Waals surface area contributed by atoms with Crippen LogP contribution in [0.5, 0.6) is 0 Å².